The van der Waals surface area contributed by atoms with Crippen LogP contribution in [0, 0.1) is 5.92 Å². The molecule has 3 rings (SSSR count). The van der Waals surface area contributed by atoms with Crippen LogP contribution >= 0.6 is 12.4 Å². The molecule has 2 saturated heterocycles. The second-order valence-electron chi connectivity index (χ2n) is 9.94. The van der Waals surface area contributed by atoms with Crippen molar-refractivity contribution in [1.29, 1.82) is 0 Å². The summed E-state index contributed by atoms with van der Waals surface area (Å²) in [5.41, 5.74) is 2.14. The summed E-state index contributed by atoms with van der Waals surface area (Å²) in [6.07, 6.45) is 3.96. The Morgan fingerprint density at radius 2 is 1.70 bits per heavy atom. The monoisotopic (exact) mass is 437 g/mol. The van der Waals surface area contributed by atoms with E-state index in [1.807, 2.05) is 34.1 Å². The van der Waals surface area contributed by atoms with Gasteiger partial charge in [0, 0.05) is 42.8 Å². The summed E-state index contributed by atoms with van der Waals surface area (Å²) in [4.78, 5) is 27.4. The highest BCUT2D eigenvalue weighted by Gasteiger charge is 2.38. The van der Waals surface area contributed by atoms with Gasteiger partial charge in [0.1, 0.15) is 0 Å². The van der Waals surface area contributed by atoms with Crippen molar-refractivity contribution in [3.8, 4) is 0 Å². The number of halogens is 1. The first kappa shape index (κ1) is 24.5. The number of aliphatic carboxylic acids is 1. The van der Waals surface area contributed by atoms with Gasteiger partial charge in [-0.05, 0) is 77.0 Å². The van der Waals surface area contributed by atoms with Crippen LogP contribution in [-0.2, 0) is 11.2 Å². The first-order valence-electron chi connectivity index (χ1n) is 10.7. The van der Waals surface area contributed by atoms with Crippen molar-refractivity contribution in [3.05, 3.63) is 29.8 Å². The number of nitrogens with zero attached hydrogens (tertiary/aromatic N) is 2. The molecule has 2 aliphatic heterocycles. The van der Waals surface area contributed by atoms with Crippen LogP contribution in [0.15, 0.2) is 24.3 Å². The molecule has 1 aromatic rings. The summed E-state index contributed by atoms with van der Waals surface area (Å²) in [7, 11) is 0. The van der Waals surface area contributed by atoms with E-state index in [1.165, 1.54) is 0 Å². The van der Waals surface area contributed by atoms with Crippen LogP contribution in [0.2, 0.25) is 0 Å². The van der Waals surface area contributed by atoms with Crippen LogP contribution in [0.3, 0.4) is 0 Å². The third kappa shape index (κ3) is 6.35. The van der Waals surface area contributed by atoms with Gasteiger partial charge in [-0.1, -0.05) is 12.1 Å². The van der Waals surface area contributed by atoms with E-state index in [-0.39, 0.29) is 35.9 Å². The van der Waals surface area contributed by atoms with E-state index in [1.54, 1.807) is 0 Å². The second-order valence-corrected chi connectivity index (χ2v) is 9.94. The predicted molar refractivity (Wildman–Crippen MR) is 123 cm³/mol. The molecule has 1 aromatic carbocycles. The summed E-state index contributed by atoms with van der Waals surface area (Å²) in [6.45, 7) is 11.3. The minimum absolute atomic E-state index is 0. The van der Waals surface area contributed by atoms with Gasteiger partial charge in [0.05, 0.1) is 0 Å². The highest BCUT2D eigenvalue weighted by Crippen LogP contribution is 2.35. The fourth-order valence-electron chi connectivity index (χ4n) is 5.20. The minimum Gasteiger partial charge on any atom is -0.481 e. The van der Waals surface area contributed by atoms with Crippen molar-refractivity contribution < 1.29 is 14.7 Å². The third-order valence-corrected chi connectivity index (χ3v) is 6.05. The Morgan fingerprint density at radius 1 is 1.10 bits per heavy atom. The number of carboxylic acids is 1. The van der Waals surface area contributed by atoms with Crippen molar-refractivity contribution in [2.45, 2.75) is 70.9 Å². The van der Waals surface area contributed by atoms with E-state index in [4.69, 9.17) is 5.11 Å². The van der Waals surface area contributed by atoms with E-state index >= 15 is 0 Å². The van der Waals surface area contributed by atoms with Crippen LogP contribution in [0.25, 0.3) is 0 Å². The molecule has 0 aliphatic carbocycles. The largest absolute Gasteiger partial charge is 0.481 e. The van der Waals surface area contributed by atoms with E-state index in [9.17, 15) is 9.59 Å². The number of urea groups is 1. The molecule has 0 bridgehead atoms. The smallest absolute Gasteiger partial charge is 0.324 e. The Hall–Kier alpha value is -1.79. The van der Waals surface area contributed by atoms with Gasteiger partial charge in [-0.3, -0.25) is 9.69 Å². The number of hydrogen-bond acceptors (Lipinski definition) is 3. The van der Waals surface area contributed by atoms with Crippen molar-refractivity contribution in [1.82, 2.24) is 10.2 Å². The molecule has 168 valence electrons. The summed E-state index contributed by atoms with van der Waals surface area (Å²) in [5.74, 6) is -0.170. The van der Waals surface area contributed by atoms with Gasteiger partial charge in [-0.2, -0.15) is 0 Å². The molecule has 2 amide bonds. The first-order valence-corrected chi connectivity index (χ1v) is 10.7. The van der Waals surface area contributed by atoms with Crippen molar-refractivity contribution in [2.24, 2.45) is 5.92 Å². The zero-order valence-corrected chi connectivity index (χ0v) is 19.4. The van der Waals surface area contributed by atoms with Crippen LogP contribution < -0.4 is 10.2 Å². The van der Waals surface area contributed by atoms with Gasteiger partial charge < -0.3 is 15.3 Å². The molecule has 0 aromatic heterocycles. The maximum absolute atomic E-state index is 12.9. The lowest BCUT2D eigenvalue weighted by Crippen LogP contribution is -2.58. The number of benzene rings is 1. The minimum atomic E-state index is -0.792. The van der Waals surface area contributed by atoms with Crippen molar-refractivity contribution in [2.75, 3.05) is 24.5 Å². The molecule has 30 heavy (non-hydrogen) atoms. The number of anilines is 1. The molecule has 0 radical (unpaired) electrons. The number of aryl methyl sites for hydroxylation is 1. The molecule has 6 nitrogen and oxygen atoms in total. The number of carbonyl (C=O) groups is 2. The number of rotatable bonds is 7. The number of carboxylic acid groups (broad SMARTS) is 1. The average molecular weight is 438 g/mol. The average Bonchev–Trinajstić information content (AvgIpc) is 2.96. The first-order chi connectivity index (χ1) is 13.5. The van der Waals surface area contributed by atoms with E-state index in [0.29, 0.717) is 18.9 Å². The Kier molecular flexibility index (Phi) is 7.80. The summed E-state index contributed by atoms with van der Waals surface area (Å²) < 4.78 is 0. The molecule has 2 fully saturated rings. The van der Waals surface area contributed by atoms with Crippen LogP contribution in [-0.4, -0.2) is 52.7 Å². The van der Waals surface area contributed by atoms with Gasteiger partial charge in [0.15, 0.2) is 0 Å². The van der Waals surface area contributed by atoms with Crippen LogP contribution in [0.5, 0.6) is 0 Å². The highest BCUT2D eigenvalue weighted by atomic mass is 35.5. The molecule has 2 heterocycles. The predicted octanol–water partition coefficient (Wildman–Crippen LogP) is 4.31. The summed E-state index contributed by atoms with van der Waals surface area (Å²) in [6, 6.07) is 7.78. The van der Waals surface area contributed by atoms with Crippen LogP contribution in [0.1, 0.15) is 58.9 Å². The number of carbonyl (C=O) groups excluding carboxylic acids is 1. The second kappa shape index (κ2) is 9.56. The number of nitrogens with one attached hydrogen (secondary N) is 1. The molecular formula is C23H36ClN3O3. The highest BCUT2D eigenvalue weighted by molar-refractivity contribution is 5.94. The lowest BCUT2D eigenvalue weighted by molar-refractivity contribution is -0.136. The fourth-order valence-corrected chi connectivity index (χ4v) is 5.20. The lowest BCUT2D eigenvalue weighted by atomic mass is 9.74. The molecule has 0 atom stereocenters. The fraction of sp³-hybridized carbons (Fsp3) is 0.652. The summed E-state index contributed by atoms with van der Waals surface area (Å²) in [5, 5.41) is 12.5. The van der Waals surface area contributed by atoms with E-state index in [2.05, 4.69) is 33.0 Å². The molecule has 0 saturated carbocycles. The topological polar surface area (TPSA) is 72.9 Å². The van der Waals surface area contributed by atoms with Gasteiger partial charge in [-0.25, -0.2) is 4.79 Å². The molecule has 0 spiro atoms. The van der Waals surface area contributed by atoms with E-state index < -0.39 is 5.97 Å². The van der Waals surface area contributed by atoms with Crippen molar-refractivity contribution >= 4 is 30.1 Å². The van der Waals surface area contributed by atoms with Gasteiger partial charge in [0.25, 0.3) is 0 Å². The van der Waals surface area contributed by atoms with Gasteiger partial charge in [0.2, 0.25) is 0 Å². The zero-order valence-electron chi connectivity index (χ0n) is 18.6. The quantitative estimate of drug-likeness (QED) is 0.666. The maximum Gasteiger partial charge on any atom is 0.324 e. The lowest BCUT2D eigenvalue weighted by Gasteiger charge is -2.47. The zero-order chi connectivity index (χ0) is 21.2. The van der Waals surface area contributed by atoms with Crippen molar-refractivity contribution in [3.63, 3.8) is 0 Å². The Labute approximate surface area is 186 Å². The number of amides is 2. The molecule has 0 unspecified atom stereocenters. The standard InChI is InChI=1S/C23H35N3O3.ClH/c1-22(2)15-18(16-23(3,4)24-22)11-12-25-13-14-26(21(25)29)19-8-5-17(6-9-19)7-10-20(27)28;/h5-6,8-9,18,24H,7,10-16H2,1-4H3,(H,27,28);1H. The Bertz CT molecular complexity index is 733. The van der Waals surface area contributed by atoms with Gasteiger partial charge in [-0.15, -0.1) is 12.4 Å². The van der Waals surface area contributed by atoms with E-state index in [0.717, 1.165) is 43.6 Å². The molecule has 2 aliphatic rings. The van der Waals surface area contributed by atoms with Gasteiger partial charge >= 0.3 is 12.0 Å². The molecule has 7 heteroatoms. The normalized spacial score (nSPS) is 20.9. The third-order valence-electron chi connectivity index (χ3n) is 6.05. The SMILES string of the molecule is CC1(C)CC(CCN2CCN(c3ccc(CCC(=O)O)cc3)C2=O)CC(C)(C)N1.Cl. The maximum atomic E-state index is 12.9. The number of hydrogen-bond donors (Lipinski definition) is 2. The van der Waals surface area contributed by atoms with Crippen LogP contribution in [0.4, 0.5) is 10.5 Å². The Morgan fingerprint density at radius 3 is 2.27 bits per heavy atom. The molecular weight excluding hydrogens is 402 g/mol. The Balaban J connectivity index is 0.00000320. The number of piperidine rings is 1. The molecule has 2 N–H and O–H groups in total. The summed E-state index contributed by atoms with van der Waals surface area (Å²) >= 11 is 0.